The zero-order chi connectivity index (χ0) is 18.1. The highest BCUT2D eigenvalue weighted by molar-refractivity contribution is 14.0. The lowest BCUT2D eigenvalue weighted by Gasteiger charge is -2.33. The molecular weight excluding hydrogens is 465 g/mol. The van der Waals surface area contributed by atoms with E-state index < -0.39 is 10.0 Å². The van der Waals surface area contributed by atoms with E-state index in [0.717, 1.165) is 39.0 Å². The average molecular weight is 495 g/mol. The molecule has 0 aliphatic carbocycles. The number of halogens is 1. The van der Waals surface area contributed by atoms with E-state index in [2.05, 4.69) is 44.8 Å². The van der Waals surface area contributed by atoms with E-state index in [1.807, 2.05) is 13.0 Å². The molecule has 9 heteroatoms. The third-order valence-electron chi connectivity index (χ3n) is 4.17. The molecule has 1 aromatic carbocycles. The number of aliphatic imine (C=N–C) groups is 1. The molecule has 1 aliphatic heterocycles. The van der Waals surface area contributed by atoms with Crippen LogP contribution in [0.1, 0.15) is 25.3 Å². The van der Waals surface area contributed by atoms with Gasteiger partial charge in [0.1, 0.15) is 0 Å². The number of nitrogens with two attached hydrogens (primary N) is 1. The van der Waals surface area contributed by atoms with Crippen molar-refractivity contribution in [1.82, 2.24) is 15.5 Å². The molecule has 4 N–H and O–H groups in total. The lowest BCUT2D eigenvalue weighted by Crippen LogP contribution is -2.48. The predicted octanol–water partition coefficient (Wildman–Crippen LogP) is 1.11. The first-order valence-corrected chi connectivity index (χ1v) is 10.5. The number of piperidine rings is 1. The van der Waals surface area contributed by atoms with Gasteiger partial charge in [0.05, 0.1) is 12.3 Å². The molecule has 1 aromatic rings. The Kier molecular flexibility index (Phi) is 10.4. The Morgan fingerprint density at radius 2 is 1.92 bits per heavy atom. The smallest absolute Gasteiger partial charge is 0.210 e. The van der Waals surface area contributed by atoms with Crippen LogP contribution in [0.4, 0.5) is 0 Å². The second-order valence-corrected chi connectivity index (χ2v) is 8.04. The summed E-state index contributed by atoms with van der Waals surface area (Å²) < 4.78 is 22.0. The molecule has 1 fully saturated rings. The summed E-state index contributed by atoms with van der Waals surface area (Å²) in [6.45, 7) is 5.93. The molecule has 0 bridgehead atoms. The summed E-state index contributed by atoms with van der Waals surface area (Å²) >= 11 is 0. The first-order valence-electron chi connectivity index (χ1n) is 8.78. The molecule has 1 aliphatic rings. The monoisotopic (exact) mass is 495 g/mol. The fourth-order valence-corrected chi connectivity index (χ4v) is 3.22. The lowest BCUT2D eigenvalue weighted by atomic mass is 10.0. The Morgan fingerprint density at radius 3 is 2.50 bits per heavy atom. The van der Waals surface area contributed by atoms with Crippen LogP contribution in [-0.2, 0) is 16.6 Å². The van der Waals surface area contributed by atoms with Crippen molar-refractivity contribution in [2.45, 2.75) is 32.4 Å². The number of benzene rings is 1. The Labute approximate surface area is 173 Å². The van der Waals surface area contributed by atoms with Crippen molar-refractivity contribution in [1.29, 1.82) is 0 Å². The number of likely N-dealkylation sites (tertiary alicyclic amines) is 1. The summed E-state index contributed by atoms with van der Waals surface area (Å²) in [5.74, 6) is 0.520. The molecule has 26 heavy (non-hydrogen) atoms. The number of rotatable bonds is 7. The van der Waals surface area contributed by atoms with Crippen LogP contribution in [0.3, 0.4) is 0 Å². The van der Waals surface area contributed by atoms with Gasteiger partial charge in [0.25, 0.3) is 0 Å². The van der Waals surface area contributed by atoms with E-state index >= 15 is 0 Å². The maximum atomic E-state index is 11.0. The van der Waals surface area contributed by atoms with Gasteiger partial charge in [-0.25, -0.2) is 13.6 Å². The highest BCUT2D eigenvalue weighted by Crippen LogP contribution is 2.13. The standard InChI is InChI=1S/C17H29N5O2S.HI/c1-2-19-17(20-10-13-25(18,23)24)21-16-8-11-22(12-9-16)14-15-6-4-3-5-7-15;/h3-7,16H,2,8-14H2,1H3,(H2,18,23,24)(H2,19,20,21);1H. The minimum absolute atomic E-state index is 0. The second kappa shape index (κ2) is 11.7. The van der Waals surface area contributed by atoms with Crippen LogP contribution in [0, 0.1) is 0 Å². The largest absolute Gasteiger partial charge is 0.357 e. The van der Waals surface area contributed by atoms with Crippen molar-refractivity contribution in [2.75, 3.05) is 31.9 Å². The summed E-state index contributed by atoms with van der Waals surface area (Å²) in [4.78, 5) is 6.76. The Balaban J connectivity index is 0.00000338. The quantitative estimate of drug-likeness (QED) is 0.299. The Bertz CT molecular complexity index is 646. The zero-order valence-electron chi connectivity index (χ0n) is 15.2. The van der Waals surface area contributed by atoms with Crippen LogP contribution in [0.15, 0.2) is 35.3 Å². The van der Waals surface area contributed by atoms with Crippen LogP contribution < -0.4 is 15.8 Å². The van der Waals surface area contributed by atoms with Crippen molar-refractivity contribution in [2.24, 2.45) is 10.1 Å². The molecular formula is C17H30IN5O2S. The topological polar surface area (TPSA) is 99.8 Å². The van der Waals surface area contributed by atoms with Crippen molar-refractivity contribution in [3.63, 3.8) is 0 Å². The summed E-state index contributed by atoms with van der Waals surface area (Å²) in [5.41, 5.74) is 1.34. The van der Waals surface area contributed by atoms with Gasteiger partial charge in [-0.3, -0.25) is 9.89 Å². The van der Waals surface area contributed by atoms with Gasteiger partial charge >= 0.3 is 0 Å². The van der Waals surface area contributed by atoms with Crippen LogP contribution in [-0.4, -0.2) is 57.3 Å². The Hall–Kier alpha value is -0.910. The van der Waals surface area contributed by atoms with Gasteiger partial charge in [0.2, 0.25) is 10.0 Å². The molecule has 1 heterocycles. The minimum atomic E-state index is -3.47. The molecule has 7 nitrogen and oxygen atoms in total. The van der Waals surface area contributed by atoms with Gasteiger partial charge in [-0.05, 0) is 25.3 Å². The normalized spacial score (nSPS) is 16.8. The van der Waals surface area contributed by atoms with E-state index in [1.165, 1.54) is 5.56 Å². The number of hydrogen-bond donors (Lipinski definition) is 3. The van der Waals surface area contributed by atoms with E-state index in [9.17, 15) is 8.42 Å². The summed E-state index contributed by atoms with van der Waals surface area (Å²) in [7, 11) is -3.47. The SMILES string of the molecule is CCNC(=NCCS(N)(=O)=O)NC1CCN(Cc2ccccc2)CC1.I. The molecule has 0 spiro atoms. The molecule has 1 saturated heterocycles. The van der Waals surface area contributed by atoms with Gasteiger partial charge in [-0.1, -0.05) is 30.3 Å². The average Bonchev–Trinajstić information content (AvgIpc) is 2.56. The molecule has 148 valence electrons. The number of nitrogens with one attached hydrogen (secondary N) is 2. The zero-order valence-corrected chi connectivity index (χ0v) is 18.4. The first kappa shape index (κ1) is 23.1. The van der Waals surface area contributed by atoms with E-state index in [1.54, 1.807) is 0 Å². The number of guanidine groups is 1. The summed E-state index contributed by atoms with van der Waals surface area (Å²) in [6, 6.07) is 10.8. The van der Waals surface area contributed by atoms with Gasteiger partial charge in [0, 0.05) is 32.2 Å². The van der Waals surface area contributed by atoms with Crippen molar-refractivity contribution in [3.8, 4) is 0 Å². The van der Waals surface area contributed by atoms with Crippen LogP contribution in [0.2, 0.25) is 0 Å². The van der Waals surface area contributed by atoms with E-state index in [4.69, 9.17) is 5.14 Å². The third-order valence-corrected chi connectivity index (χ3v) is 4.92. The van der Waals surface area contributed by atoms with Crippen molar-refractivity contribution >= 4 is 40.0 Å². The number of primary sulfonamides is 1. The van der Waals surface area contributed by atoms with Gasteiger partial charge < -0.3 is 10.6 Å². The molecule has 0 amide bonds. The van der Waals surface area contributed by atoms with Crippen molar-refractivity contribution < 1.29 is 8.42 Å². The van der Waals surface area contributed by atoms with Crippen LogP contribution >= 0.6 is 24.0 Å². The highest BCUT2D eigenvalue weighted by Gasteiger charge is 2.20. The van der Waals surface area contributed by atoms with Gasteiger partial charge in [-0.2, -0.15) is 0 Å². The fraction of sp³-hybridized carbons (Fsp3) is 0.588. The van der Waals surface area contributed by atoms with Crippen molar-refractivity contribution in [3.05, 3.63) is 35.9 Å². The van der Waals surface area contributed by atoms with E-state index in [-0.39, 0.29) is 36.3 Å². The second-order valence-electron chi connectivity index (χ2n) is 6.31. The highest BCUT2D eigenvalue weighted by atomic mass is 127. The fourth-order valence-electron chi connectivity index (χ4n) is 2.88. The summed E-state index contributed by atoms with van der Waals surface area (Å²) in [6.07, 6.45) is 2.07. The third kappa shape index (κ3) is 9.15. The maximum Gasteiger partial charge on any atom is 0.210 e. The molecule has 0 saturated carbocycles. The molecule has 0 radical (unpaired) electrons. The number of sulfonamides is 1. The number of nitrogens with zero attached hydrogens (tertiary/aromatic N) is 2. The van der Waals surface area contributed by atoms with Gasteiger partial charge in [-0.15, -0.1) is 24.0 Å². The molecule has 0 aromatic heterocycles. The molecule has 2 rings (SSSR count). The Morgan fingerprint density at radius 1 is 1.27 bits per heavy atom. The molecule has 0 unspecified atom stereocenters. The predicted molar refractivity (Wildman–Crippen MR) is 117 cm³/mol. The van der Waals surface area contributed by atoms with Gasteiger partial charge in [0.15, 0.2) is 5.96 Å². The van der Waals surface area contributed by atoms with Crippen LogP contribution in [0.25, 0.3) is 0 Å². The lowest BCUT2D eigenvalue weighted by molar-refractivity contribution is 0.198. The minimum Gasteiger partial charge on any atom is -0.357 e. The van der Waals surface area contributed by atoms with E-state index in [0.29, 0.717) is 12.0 Å². The molecule has 0 atom stereocenters. The maximum absolute atomic E-state index is 11.0. The number of hydrogen-bond acceptors (Lipinski definition) is 4. The summed E-state index contributed by atoms with van der Waals surface area (Å²) in [5, 5.41) is 11.6. The van der Waals surface area contributed by atoms with Crippen LogP contribution in [0.5, 0.6) is 0 Å². The first-order chi connectivity index (χ1) is 12.0.